The Balaban J connectivity index is 2.84. The van der Waals surface area contributed by atoms with Crippen molar-refractivity contribution in [3.05, 3.63) is 35.9 Å². The van der Waals surface area contributed by atoms with Crippen molar-refractivity contribution in [2.24, 2.45) is 5.73 Å². The summed E-state index contributed by atoms with van der Waals surface area (Å²) in [5, 5.41) is 2.95. The fourth-order valence-electron chi connectivity index (χ4n) is 1.90. The SMILES string of the molecule is CCCC(NC(=O)C(C)(C)c1ccccc1)C(N)=S. The third kappa shape index (κ3) is 4.03. The van der Waals surface area contributed by atoms with Crippen molar-refractivity contribution in [2.45, 2.75) is 45.1 Å². The van der Waals surface area contributed by atoms with Gasteiger partial charge in [-0.15, -0.1) is 0 Å². The van der Waals surface area contributed by atoms with E-state index in [9.17, 15) is 4.79 Å². The van der Waals surface area contributed by atoms with Gasteiger partial charge in [-0.3, -0.25) is 4.79 Å². The summed E-state index contributed by atoms with van der Waals surface area (Å²) in [7, 11) is 0. The van der Waals surface area contributed by atoms with Gasteiger partial charge in [0.05, 0.1) is 16.4 Å². The van der Waals surface area contributed by atoms with Gasteiger partial charge in [0.25, 0.3) is 0 Å². The minimum Gasteiger partial charge on any atom is -0.392 e. The highest BCUT2D eigenvalue weighted by Crippen LogP contribution is 2.23. The lowest BCUT2D eigenvalue weighted by atomic mass is 9.83. The van der Waals surface area contributed by atoms with Crippen molar-refractivity contribution >= 4 is 23.1 Å². The summed E-state index contributed by atoms with van der Waals surface area (Å²) in [6, 6.07) is 9.48. The molecule has 1 rings (SSSR count). The summed E-state index contributed by atoms with van der Waals surface area (Å²) in [4.78, 5) is 12.8. The Morgan fingerprint density at radius 1 is 1.37 bits per heavy atom. The van der Waals surface area contributed by atoms with Crippen LogP contribution in [-0.4, -0.2) is 16.9 Å². The summed E-state index contributed by atoms with van der Waals surface area (Å²) in [5.41, 5.74) is 6.05. The van der Waals surface area contributed by atoms with Crippen LogP contribution in [0.2, 0.25) is 0 Å². The van der Waals surface area contributed by atoms with Crippen LogP contribution in [0.3, 0.4) is 0 Å². The molecule has 0 aliphatic rings. The van der Waals surface area contributed by atoms with E-state index in [4.69, 9.17) is 18.0 Å². The molecule has 19 heavy (non-hydrogen) atoms. The standard InChI is InChI=1S/C15H22N2OS/c1-4-8-12(13(16)19)17-14(18)15(2,3)11-9-6-5-7-10-11/h5-7,9-10,12H,4,8H2,1-3H3,(H2,16,19)(H,17,18). The van der Waals surface area contributed by atoms with Gasteiger partial charge in [-0.25, -0.2) is 0 Å². The topological polar surface area (TPSA) is 55.1 Å². The van der Waals surface area contributed by atoms with E-state index < -0.39 is 5.41 Å². The Labute approximate surface area is 120 Å². The number of rotatable bonds is 6. The molecule has 0 saturated heterocycles. The first kappa shape index (κ1) is 15.6. The molecule has 1 unspecified atom stereocenters. The quantitative estimate of drug-likeness (QED) is 0.786. The van der Waals surface area contributed by atoms with Crippen molar-refractivity contribution in [1.29, 1.82) is 0 Å². The highest BCUT2D eigenvalue weighted by molar-refractivity contribution is 7.80. The Morgan fingerprint density at radius 3 is 2.42 bits per heavy atom. The summed E-state index contributed by atoms with van der Waals surface area (Å²) in [6.07, 6.45) is 1.69. The maximum Gasteiger partial charge on any atom is 0.230 e. The van der Waals surface area contributed by atoms with Crippen molar-refractivity contribution < 1.29 is 4.79 Å². The molecule has 0 saturated carbocycles. The first-order chi connectivity index (χ1) is 8.89. The number of amides is 1. The van der Waals surface area contributed by atoms with Crippen LogP contribution in [0.15, 0.2) is 30.3 Å². The number of benzene rings is 1. The van der Waals surface area contributed by atoms with Gasteiger partial charge >= 0.3 is 0 Å². The predicted octanol–water partition coefficient (Wildman–Crippen LogP) is 2.54. The minimum atomic E-state index is -0.599. The molecular formula is C15H22N2OS. The maximum atomic E-state index is 12.4. The van der Waals surface area contributed by atoms with Crippen molar-refractivity contribution in [2.75, 3.05) is 0 Å². The molecule has 104 valence electrons. The molecule has 1 aromatic rings. The zero-order valence-electron chi connectivity index (χ0n) is 11.8. The van der Waals surface area contributed by atoms with Gasteiger partial charge in [0.2, 0.25) is 5.91 Å². The van der Waals surface area contributed by atoms with Crippen LogP contribution in [0.4, 0.5) is 0 Å². The smallest absolute Gasteiger partial charge is 0.230 e. The number of hydrogen-bond acceptors (Lipinski definition) is 2. The molecule has 4 heteroatoms. The normalized spacial score (nSPS) is 12.8. The number of hydrogen-bond donors (Lipinski definition) is 2. The lowest BCUT2D eigenvalue weighted by molar-refractivity contribution is -0.126. The average Bonchev–Trinajstić information content (AvgIpc) is 2.38. The third-order valence-corrected chi connectivity index (χ3v) is 3.57. The fraction of sp³-hybridized carbons (Fsp3) is 0.467. The minimum absolute atomic E-state index is 0.0510. The van der Waals surface area contributed by atoms with E-state index in [0.717, 1.165) is 18.4 Å². The monoisotopic (exact) mass is 278 g/mol. The largest absolute Gasteiger partial charge is 0.392 e. The molecule has 3 N–H and O–H groups in total. The van der Waals surface area contributed by atoms with Gasteiger partial charge < -0.3 is 11.1 Å². The second kappa shape index (κ2) is 6.66. The Kier molecular flexibility index (Phi) is 5.48. The molecule has 0 radical (unpaired) electrons. The first-order valence-electron chi connectivity index (χ1n) is 6.55. The third-order valence-electron chi connectivity index (χ3n) is 3.29. The Bertz CT molecular complexity index is 443. The van der Waals surface area contributed by atoms with Crippen LogP contribution >= 0.6 is 12.2 Å². The molecule has 1 amide bonds. The molecule has 0 bridgehead atoms. The number of thiocarbonyl (C=S) groups is 1. The van der Waals surface area contributed by atoms with Crippen molar-refractivity contribution in [3.8, 4) is 0 Å². The lowest BCUT2D eigenvalue weighted by Gasteiger charge is -2.27. The van der Waals surface area contributed by atoms with Crippen molar-refractivity contribution in [1.82, 2.24) is 5.32 Å². The van der Waals surface area contributed by atoms with E-state index in [1.54, 1.807) is 0 Å². The molecule has 0 aliphatic carbocycles. The van der Waals surface area contributed by atoms with Gasteiger partial charge in [-0.05, 0) is 25.8 Å². The molecular weight excluding hydrogens is 256 g/mol. The van der Waals surface area contributed by atoms with Crippen LogP contribution < -0.4 is 11.1 Å². The van der Waals surface area contributed by atoms with Gasteiger partial charge in [0.1, 0.15) is 0 Å². The molecule has 0 spiro atoms. The van der Waals surface area contributed by atoms with Crippen LogP contribution in [0.5, 0.6) is 0 Å². The molecule has 1 aromatic carbocycles. The first-order valence-corrected chi connectivity index (χ1v) is 6.96. The predicted molar refractivity (Wildman–Crippen MR) is 83.1 cm³/mol. The fourth-order valence-corrected chi connectivity index (χ4v) is 2.08. The lowest BCUT2D eigenvalue weighted by Crippen LogP contribution is -2.49. The highest BCUT2D eigenvalue weighted by Gasteiger charge is 2.31. The zero-order valence-corrected chi connectivity index (χ0v) is 12.6. The van der Waals surface area contributed by atoms with E-state index in [1.807, 2.05) is 51.1 Å². The molecule has 0 aliphatic heterocycles. The van der Waals surface area contributed by atoms with Gasteiger partial charge in [0, 0.05) is 0 Å². The summed E-state index contributed by atoms with van der Waals surface area (Å²) in [6.45, 7) is 5.85. The molecule has 1 atom stereocenters. The Hall–Kier alpha value is -1.42. The summed E-state index contributed by atoms with van der Waals surface area (Å²) in [5.74, 6) is -0.0510. The second-order valence-electron chi connectivity index (χ2n) is 5.21. The van der Waals surface area contributed by atoms with E-state index in [0.29, 0.717) is 4.99 Å². The van der Waals surface area contributed by atoms with Crippen LogP contribution in [0.1, 0.15) is 39.2 Å². The van der Waals surface area contributed by atoms with E-state index in [-0.39, 0.29) is 11.9 Å². The van der Waals surface area contributed by atoms with E-state index in [2.05, 4.69) is 5.32 Å². The van der Waals surface area contributed by atoms with Crippen LogP contribution in [-0.2, 0) is 10.2 Å². The van der Waals surface area contributed by atoms with E-state index >= 15 is 0 Å². The molecule has 0 heterocycles. The van der Waals surface area contributed by atoms with Gasteiger partial charge in [0.15, 0.2) is 0 Å². The van der Waals surface area contributed by atoms with Crippen LogP contribution in [0, 0.1) is 0 Å². The molecule has 0 fully saturated rings. The van der Waals surface area contributed by atoms with E-state index in [1.165, 1.54) is 0 Å². The van der Waals surface area contributed by atoms with Crippen molar-refractivity contribution in [3.63, 3.8) is 0 Å². The maximum absolute atomic E-state index is 12.4. The molecule has 0 aromatic heterocycles. The number of carbonyl (C=O) groups is 1. The van der Waals surface area contributed by atoms with Gasteiger partial charge in [-0.2, -0.15) is 0 Å². The molecule has 3 nitrogen and oxygen atoms in total. The number of nitrogens with two attached hydrogens (primary N) is 1. The number of carbonyl (C=O) groups excluding carboxylic acids is 1. The zero-order chi connectivity index (χ0) is 14.5. The highest BCUT2D eigenvalue weighted by atomic mass is 32.1. The van der Waals surface area contributed by atoms with Gasteiger partial charge in [-0.1, -0.05) is 55.9 Å². The number of nitrogens with one attached hydrogen (secondary N) is 1. The summed E-state index contributed by atoms with van der Waals surface area (Å²) >= 11 is 5.00. The average molecular weight is 278 g/mol. The van der Waals surface area contributed by atoms with Crippen LogP contribution in [0.25, 0.3) is 0 Å². The Morgan fingerprint density at radius 2 is 1.95 bits per heavy atom. The second-order valence-corrected chi connectivity index (χ2v) is 5.68. The summed E-state index contributed by atoms with van der Waals surface area (Å²) < 4.78 is 0.